The molecule has 1 aromatic heterocycles. The molecule has 1 amide bonds. The fraction of sp³-hybridized carbons (Fsp3) is 0.250. The Labute approximate surface area is 150 Å². The number of carbonyl (C=O) groups excluding carboxylic acids is 1. The minimum absolute atomic E-state index is 0.262. The second-order valence-electron chi connectivity index (χ2n) is 6.15. The lowest BCUT2D eigenvalue weighted by molar-refractivity contribution is -0.124. The second-order valence-corrected chi connectivity index (χ2v) is 6.15. The molecule has 2 N–H and O–H groups in total. The molecule has 0 saturated heterocycles. The van der Waals surface area contributed by atoms with Gasteiger partial charge in [-0.15, -0.1) is 0 Å². The van der Waals surface area contributed by atoms with Crippen molar-refractivity contribution in [3.63, 3.8) is 0 Å². The third kappa shape index (κ3) is 3.59. The number of amides is 1. The van der Waals surface area contributed by atoms with E-state index in [4.69, 9.17) is 0 Å². The number of para-hydroxylation sites is 1. The lowest BCUT2D eigenvalue weighted by Gasteiger charge is -2.19. The summed E-state index contributed by atoms with van der Waals surface area (Å²) in [7, 11) is 0. The molecule has 3 aromatic rings. The van der Waals surface area contributed by atoms with Crippen LogP contribution in [0.4, 0.5) is 0 Å². The monoisotopic (exact) mass is 351 g/mol. The van der Waals surface area contributed by atoms with Gasteiger partial charge in [-0.1, -0.05) is 49.4 Å². The number of hydrogen-bond donors (Lipinski definition) is 2. The van der Waals surface area contributed by atoms with Crippen molar-refractivity contribution in [1.82, 2.24) is 14.9 Å². The van der Waals surface area contributed by atoms with E-state index in [-0.39, 0.29) is 12.3 Å². The van der Waals surface area contributed by atoms with Crippen molar-refractivity contribution >= 4 is 16.8 Å². The third-order valence-electron chi connectivity index (χ3n) is 4.27. The molecule has 0 saturated carbocycles. The van der Waals surface area contributed by atoms with Gasteiger partial charge in [0.25, 0.3) is 5.56 Å². The van der Waals surface area contributed by atoms with Crippen LogP contribution in [0.5, 0.6) is 0 Å². The van der Waals surface area contributed by atoms with E-state index in [1.807, 2.05) is 37.3 Å². The van der Waals surface area contributed by atoms with Gasteiger partial charge < -0.3 is 10.3 Å². The van der Waals surface area contributed by atoms with Gasteiger partial charge in [0.15, 0.2) is 0 Å². The molecule has 0 radical (unpaired) electrons. The molecule has 0 aliphatic heterocycles. The van der Waals surface area contributed by atoms with E-state index in [0.29, 0.717) is 17.4 Å². The summed E-state index contributed by atoms with van der Waals surface area (Å²) in [5, 5.41) is 3.19. The zero-order chi connectivity index (χ0) is 18.5. The van der Waals surface area contributed by atoms with E-state index >= 15 is 0 Å². The molecule has 1 unspecified atom stereocenters. The number of carbonyl (C=O) groups is 1. The maximum atomic E-state index is 12.9. The van der Waals surface area contributed by atoms with Gasteiger partial charge in [0, 0.05) is 13.0 Å². The zero-order valence-electron chi connectivity index (χ0n) is 14.6. The van der Waals surface area contributed by atoms with Crippen LogP contribution in [0.3, 0.4) is 0 Å². The van der Waals surface area contributed by atoms with Gasteiger partial charge >= 0.3 is 5.69 Å². The summed E-state index contributed by atoms with van der Waals surface area (Å²) in [6.07, 6.45) is 1.03. The lowest BCUT2D eigenvalue weighted by Crippen LogP contribution is -2.45. The van der Waals surface area contributed by atoms with Crippen molar-refractivity contribution in [1.29, 1.82) is 0 Å². The fourth-order valence-electron chi connectivity index (χ4n) is 2.96. The van der Waals surface area contributed by atoms with Crippen LogP contribution >= 0.6 is 0 Å². The number of aromatic amines is 1. The Morgan fingerprint density at radius 2 is 1.77 bits per heavy atom. The first-order valence-electron chi connectivity index (χ1n) is 8.67. The van der Waals surface area contributed by atoms with Crippen LogP contribution in [0.1, 0.15) is 24.9 Å². The molecule has 1 atom stereocenters. The standard InChI is InChI=1S/C20H21N3O3/c1-2-12-21-18(24)17(13-14-8-4-3-5-9-14)23-19(25)15-10-6-7-11-16(15)22-20(23)26/h3-11,17H,2,12-13H2,1H3,(H,21,24)(H,22,26). The smallest absolute Gasteiger partial charge is 0.329 e. The van der Waals surface area contributed by atoms with Crippen molar-refractivity contribution in [3.05, 3.63) is 81.0 Å². The molecular formula is C20H21N3O3. The van der Waals surface area contributed by atoms with Crippen molar-refractivity contribution in [3.8, 4) is 0 Å². The molecule has 26 heavy (non-hydrogen) atoms. The van der Waals surface area contributed by atoms with E-state index in [0.717, 1.165) is 16.6 Å². The van der Waals surface area contributed by atoms with E-state index in [1.165, 1.54) is 0 Å². The molecule has 0 bridgehead atoms. The lowest BCUT2D eigenvalue weighted by atomic mass is 10.0. The van der Waals surface area contributed by atoms with E-state index in [9.17, 15) is 14.4 Å². The number of nitrogens with one attached hydrogen (secondary N) is 2. The number of fused-ring (bicyclic) bond motifs is 1. The Hall–Kier alpha value is -3.15. The van der Waals surface area contributed by atoms with Gasteiger partial charge in [0.2, 0.25) is 5.91 Å². The highest BCUT2D eigenvalue weighted by molar-refractivity contribution is 5.82. The molecule has 0 fully saturated rings. The van der Waals surface area contributed by atoms with Gasteiger partial charge in [0.05, 0.1) is 10.9 Å². The quantitative estimate of drug-likeness (QED) is 0.712. The predicted octanol–water partition coefficient (Wildman–Crippen LogP) is 2.00. The highest BCUT2D eigenvalue weighted by Gasteiger charge is 2.25. The second kappa shape index (κ2) is 7.82. The Kier molecular flexibility index (Phi) is 5.31. The number of hydrogen-bond acceptors (Lipinski definition) is 3. The summed E-state index contributed by atoms with van der Waals surface area (Å²) in [6, 6.07) is 15.2. The maximum Gasteiger partial charge on any atom is 0.329 e. The number of H-pyrrole nitrogens is 1. The zero-order valence-corrected chi connectivity index (χ0v) is 14.6. The predicted molar refractivity (Wildman–Crippen MR) is 101 cm³/mol. The summed E-state index contributed by atoms with van der Waals surface area (Å²) < 4.78 is 1.03. The average molecular weight is 351 g/mol. The van der Waals surface area contributed by atoms with Gasteiger partial charge in [-0.25, -0.2) is 9.36 Å². The van der Waals surface area contributed by atoms with Crippen LogP contribution in [0.2, 0.25) is 0 Å². The van der Waals surface area contributed by atoms with E-state index in [2.05, 4.69) is 10.3 Å². The summed E-state index contributed by atoms with van der Waals surface area (Å²) in [6.45, 7) is 2.44. The van der Waals surface area contributed by atoms with Crippen LogP contribution in [0, 0.1) is 0 Å². The largest absolute Gasteiger partial charge is 0.354 e. The molecule has 0 spiro atoms. The summed E-state index contributed by atoms with van der Waals surface area (Å²) in [5.74, 6) is -0.335. The van der Waals surface area contributed by atoms with Crippen LogP contribution in [0.15, 0.2) is 64.2 Å². The van der Waals surface area contributed by atoms with Gasteiger partial charge in [-0.3, -0.25) is 9.59 Å². The molecule has 0 aliphatic rings. The third-order valence-corrected chi connectivity index (χ3v) is 4.27. The van der Waals surface area contributed by atoms with Crippen molar-refractivity contribution in [2.45, 2.75) is 25.8 Å². The van der Waals surface area contributed by atoms with Crippen molar-refractivity contribution < 1.29 is 4.79 Å². The minimum atomic E-state index is -0.912. The molecular weight excluding hydrogens is 330 g/mol. The Bertz CT molecular complexity index is 1020. The first-order valence-corrected chi connectivity index (χ1v) is 8.67. The summed E-state index contributed by atoms with van der Waals surface area (Å²) >= 11 is 0. The Morgan fingerprint density at radius 1 is 1.08 bits per heavy atom. The molecule has 134 valence electrons. The highest BCUT2D eigenvalue weighted by atomic mass is 16.2. The van der Waals surface area contributed by atoms with Gasteiger partial charge in [0.1, 0.15) is 6.04 Å². The molecule has 1 heterocycles. The molecule has 6 heteroatoms. The molecule has 3 rings (SSSR count). The number of benzene rings is 2. The van der Waals surface area contributed by atoms with Gasteiger partial charge in [-0.2, -0.15) is 0 Å². The van der Waals surface area contributed by atoms with Crippen LogP contribution in [0.25, 0.3) is 10.9 Å². The van der Waals surface area contributed by atoms with E-state index < -0.39 is 17.3 Å². The van der Waals surface area contributed by atoms with Crippen LogP contribution < -0.4 is 16.6 Å². The first kappa shape index (κ1) is 17.7. The van der Waals surface area contributed by atoms with Crippen LogP contribution in [-0.2, 0) is 11.2 Å². The average Bonchev–Trinajstić information content (AvgIpc) is 2.66. The van der Waals surface area contributed by atoms with Crippen molar-refractivity contribution in [2.24, 2.45) is 0 Å². The summed E-state index contributed by atoms with van der Waals surface area (Å²) in [5.41, 5.74) is 0.299. The minimum Gasteiger partial charge on any atom is -0.354 e. The first-order chi connectivity index (χ1) is 12.6. The van der Waals surface area contributed by atoms with Crippen molar-refractivity contribution in [2.75, 3.05) is 6.54 Å². The number of nitrogens with zero attached hydrogens (tertiary/aromatic N) is 1. The fourth-order valence-corrected chi connectivity index (χ4v) is 2.96. The Morgan fingerprint density at radius 3 is 2.50 bits per heavy atom. The summed E-state index contributed by atoms with van der Waals surface area (Å²) in [4.78, 5) is 40.9. The van der Waals surface area contributed by atoms with Crippen LogP contribution in [-0.4, -0.2) is 22.0 Å². The normalized spacial score (nSPS) is 12.0. The number of rotatable bonds is 6. The SMILES string of the molecule is CCCNC(=O)C(Cc1ccccc1)n1c(=O)[nH]c2ccccc2c1=O. The van der Waals surface area contributed by atoms with E-state index in [1.54, 1.807) is 24.3 Å². The Balaban J connectivity index is 2.12. The molecule has 2 aromatic carbocycles. The van der Waals surface area contributed by atoms with Gasteiger partial charge in [-0.05, 0) is 24.1 Å². The number of aromatic nitrogens is 2. The molecule has 6 nitrogen and oxygen atoms in total. The molecule has 0 aliphatic carbocycles. The maximum absolute atomic E-state index is 12.9. The highest BCUT2D eigenvalue weighted by Crippen LogP contribution is 2.13. The topological polar surface area (TPSA) is 84.0 Å².